The lowest BCUT2D eigenvalue weighted by Gasteiger charge is -2.24. The molecule has 32 heavy (non-hydrogen) atoms. The minimum absolute atomic E-state index is 0.00385. The highest BCUT2D eigenvalue weighted by molar-refractivity contribution is 6.51. The van der Waals surface area contributed by atoms with Crippen LogP contribution in [0.1, 0.15) is 39.6 Å². The van der Waals surface area contributed by atoms with E-state index in [0.29, 0.717) is 22.8 Å². The Balaban J connectivity index is 1.95. The van der Waals surface area contributed by atoms with Gasteiger partial charge in [0.15, 0.2) is 0 Å². The molecule has 1 aliphatic heterocycles. The lowest BCUT2D eigenvalue weighted by Crippen LogP contribution is -2.29. The highest BCUT2D eigenvalue weighted by Crippen LogP contribution is 2.43. The number of nitrogens with zero attached hydrogens (tertiary/aromatic N) is 1. The van der Waals surface area contributed by atoms with E-state index < -0.39 is 17.7 Å². The van der Waals surface area contributed by atoms with Crippen molar-refractivity contribution in [2.24, 2.45) is 0 Å². The molecular formula is C26H25NO5. The SMILES string of the molecule is COc1cc(C)c(/C(O)=C2/C(=O)C(=O)N(c3ccc(C)c(C)c3)C2c2ccco2)cc1C. The zero-order valence-corrected chi connectivity index (χ0v) is 18.7. The number of carbonyl (C=O) groups excluding carboxylic acids is 2. The molecule has 1 unspecified atom stereocenters. The molecule has 4 rings (SSSR count). The smallest absolute Gasteiger partial charge is 0.300 e. The fourth-order valence-corrected chi connectivity index (χ4v) is 4.10. The summed E-state index contributed by atoms with van der Waals surface area (Å²) in [4.78, 5) is 27.8. The Morgan fingerprint density at radius 1 is 0.969 bits per heavy atom. The van der Waals surface area contributed by atoms with Crippen molar-refractivity contribution in [1.29, 1.82) is 0 Å². The second-order valence-corrected chi connectivity index (χ2v) is 8.09. The molecule has 0 saturated carbocycles. The van der Waals surface area contributed by atoms with Crippen LogP contribution in [0.15, 0.2) is 58.7 Å². The number of methoxy groups -OCH3 is 1. The second-order valence-electron chi connectivity index (χ2n) is 8.09. The first-order chi connectivity index (χ1) is 15.2. The molecule has 1 N–H and O–H groups in total. The van der Waals surface area contributed by atoms with Crippen LogP contribution in [-0.2, 0) is 9.59 Å². The summed E-state index contributed by atoms with van der Waals surface area (Å²) in [7, 11) is 1.58. The summed E-state index contributed by atoms with van der Waals surface area (Å²) in [6, 6.07) is 11.6. The van der Waals surface area contributed by atoms with Crippen molar-refractivity contribution in [2.45, 2.75) is 33.7 Å². The standard InChI is InChI=1S/C26H25NO5/c1-14-8-9-18(11-15(14)2)27-23(20-7-6-10-32-20)22(25(29)26(27)30)24(28)19-12-17(4)21(31-5)13-16(19)3/h6-13,23,28H,1-5H3/b24-22-. The Kier molecular flexibility index (Phi) is 5.38. The van der Waals surface area contributed by atoms with Crippen molar-refractivity contribution in [3.8, 4) is 5.75 Å². The van der Waals surface area contributed by atoms with E-state index in [1.54, 1.807) is 37.4 Å². The molecule has 1 saturated heterocycles. The van der Waals surface area contributed by atoms with Gasteiger partial charge in [-0.3, -0.25) is 14.5 Å². The van der Waals surface area contributed by atoms with Gasteiger partial charge in [-0.1, -0.05) is 6.07 Å². The molecule has 164 valence electrons. The van der Waals surface area contributed by atoms with E-state index >= 15 is 0 Å². The number of rotatable bonds is 4. The van der Waals surface area contributed by atoms with Gasteiger partial charge in [0.05, 0.1) is 18.9 Å². The minimum Gasteiger partial charge on any atom is -0.507 e. The Morgan fingerprint density at radius 3 is 2.34 bits per heavy atom. The summed E-state index contributed by atoms with van der Waals surface area (Å²) in [5.74, 6) is -0.627. The van der Waals surface area contributed by atoms with Gasteiger partial charge in [0, 0.05) is 11.3 Å². The summed E-state index contributed by atoms with van der Waals surface area (Å²) >= 11 is 0. The van der Waals surface area contributed by atoms with Crippen molar-refractivity contribution >= 4 is 23.1 Å². The van der Waals surface area contributed by atoms with E-state index in [2.05, 4.69) is 0 Å². The number of anilines is 1. The molecule has 1 fully saturated rings. The molecular weight excluding hydrogens is 406 g/mol. The number of Topliss-reactive ketones (excluding diaryl/α,β-unsaturated/α-hetero) is 1. The number of aryl methyl sites for hydroxylation is 4. The third-order valence-corrected chi connectivity index (χ3v) is 6.02. The number of hydrogen-bond acceptors (Lipinski definition) is 5. The normalized spacial score (nSPS) is 17.8. The second kappa shape index (κ2) is 8.04. The van der Waals surface area contributed by atoms with E-state index in [0.717, 1.165) is 22.3 Å². The molecule has 1 aliphatic rings. The van der Waals surface area contributed by atoms with Crippen LogP contribution in [0.5, 0.6) is 5.75 Å². The lowest BCUT2D eigenvalue weighted by molar-refractivity contribution is -0.132. The van der Waals surface area contributed by atoms with Crippen LogP contribution in [0.25, 0.3) is 5.76 Å². The molecule has 0 spiro atoms. The first kappa shape index (κ1) is 21.4. The molecule has 2 aromatic carbocycles. The Hall–Kier alpha value is -3.80. The van der Waals surface area contributed by atoms with Crippen LogP contribution >= 0.6 is 0 Å². The fraction of sp³-hybridized carbons (Fsp3) is 0.231. The maximum Gasteiger partial charge on any atom is 0.300 e. The predicted octanol–water partition coefficient (Wildman–Crippen LogP) is 5.15. The summed E-state index contributed by atoms with van der Waals surface area (Å²) in [5.41, 5.74) is 4.62. The third kappa shape index (κ3) is 3.38. The maximum atomic E-state index is 13.2. The quantitative estimate of drug-likeness (QED) is 0.351. The van der Waals surface area contributed by atoms with Crippen LogP contribution in [0.3, 0.4) is 0 Å². The highest BCUT2D eigenvalue weighted by atomic mass is 16.5. The number of furan rings is 1. The van der Waals surface area contributed by atoms with Gasteiger partial charge in [0.1, 0.15) is 23.3 Å². The number of aliphatic hydroxyl groups is 1. The molecule has 0 aliphatic carbocycles. The number of ketones is 1. The molecule has 0 bridgehead atoms. The van der Waals surface area contributed by atoms with E-state index in [1.165, 1.54) is 11.2 Å². The largest absolute Gasteiger partial charge is 0.507 e. The molecule has 1 amide bonds. The summed E-state index contributed by atoms with van der Waals surface area (Å²) in [6.07, 6.45) is 1.48. The van der Waals surface area contributed by atoms with Crippen molar-refractivity contribution < 1.29 is 23.8 Å². The molecule has 2 heterocycles. The van der Waals surface area contributed by atoms with Crippen molar-refractivity contribution in [3.63, 3.8) is 0 Å². The number of amides is 1. The molecule has 1 aromatic heterocycles. The van der Waals surface area contributed by atoms with Gasteiger partial charge >= 0.3 is 0 Å². The Labute approximate surface area is 186 Å². The van der Waals surface area contributed by atoms with Crippen LogP contribution in [0.2, 0.25) is 0 Å². The van der Waals surface area contributed by atoms with Gasteiger partial charge in [0.25, 0.3) is 11.7 Å². The van der Waals surface area contributed by atoms with Crippen LogP contribution in [0, 0.1) is 27.7 Å². The van der Waals surface area contributed by atoms with E-state index in [-0.39, 0.29) is 11.3 Å². The Morgan fingerprint density at radius 2 is 1.72 bits per heavy atom. The average molecular weight is 431 g/mol. The molecule has 1 atom stereocenters. The molecule has 6 nitrogen and oxygen atoms in total. The van der Waals surface area contributed by atoms with Gasteiger partial charge in [-0.15, -0.1) is 0 Å². The molecule has 0 radical (unpaired) electrons. The molecule has 6 heteroatoms. The average Bonchev–Trinajstić information content (AvgIpc) is 3.38. The van der Waals surface area contributed by atoms with Crippen LogP contribution in [0.4, 0.5) is 5.69 Å². The number of ether oxygens (including phenoxy) is 1. The fourth-order valence-electron chi connectivity index (χ4n) is 4.10. The number of aliphatic hydroxyl groups excluding tert-OH is 1. The first-order valence-corrected chi connectivity index (χ1v) is 10.3. The van der Waals surface area contributed by atoms with Crippen LogP contribution in [-0.4, -0.2) is 23.9 Å². The van der Waals surface area contributed by atoms with E-state index in [1.807, 2.05) is 39.8 Å². The van der Waals surface area contributed by atoms with Gasteiger partial charge < -0.3 is 14.3 Å². The summed E-state index contributed by atoms with van der Waals surface area (Å²) < 4.78 is 11.0. The third-order valence-electron chi connectivity index (χ3n) is 6.02. The monoisotopic (exact) mass is 431 g/mol. The van der Waals surface area contributed by atoms with Crippen molar-refractivity contribution in [2.75, 3.05) is 12.0 Å². The first-order valence-electron chi connectivity index (χ1n) is 10.3. The summed E-state index contributed by atoms with van der Waals surface area (Å²) in [6.45, 7) is 7.60. The van der Waals surface area contributed by atoms with Gasteiger partial charge in [-0.2, -0.15) is 0 Å². The lowest BCUT2D eigenvalue weighted by atomic mass is 9.95. The number of carbonyl (C=O) groups is 2. The number of hydrogen-bond donors (Lipinski definition) is 1. The number of benzene rings is 2. The van der Waals surface area contributed by atoms with Crippen molar-refractivity contribution in [1.82, 2.24) is 0 Å². The zero-order chi connectivity index (χ0) is 23.2. The van der Waals surface area contributed by atoms with E-state index in [9.17, 15) is 14.7 Å². The Bertz CT molecular complexity index is 1250. The summed E-state index contributed by atoms with van der Waals surface area (Å²) in [5, 5.41) is 11.3. The van der Waals surface area contributed by atoms with Gasteiger partial charge in [-0.05, 0) is 86.3 Å². The van der Waals surface area contributed by atoms with Gasteiger partial charge in [-0.25, -0.2) is 0 Å². The maximum absolute atomic E-state index is 13.2. The molecule has 3 aromatic rings. The highest BCUT2D eigenvalue weighted by Gasteiger charge is 2.48. The van der Waals surface area contributed by atoms with Crippen molar-refractivity contribution in [3.05, 3.63) is 87.9 Å². The zero-order valence-electron chi connectivity index (χ0n) is 18.7. The van der Waals surface area contributed by atoms with Crippen LogP contribution < -0.4 is 9.64 Å². The van der Waals surface area contributed by atoms with E-state index in [4.69, 9.17) is 9.15 Å². The van der Waals surface area contributed by atoms with Gasteiger partial charge in [0.2, 0.25) is 0 Å². The predicted molar refractivity (Wildman–Crippen MR) is 122 cm³/mol. The minimum atomic E-state index is -0.881. The topological polar surface area (TPSA) is 80.0 Å².